The monoisotopic (exact) mass is 262 g/mol. The zero-order valence-corrected chi connectivity index (χ0v) is 9.75. The molecule has 1 aliphatic heterocycles. The Morgan fingerprint density at radius 2 is 1.44 bits per heavy atom. The first-order chi connectivity index (χ1) is 6.97. The van der Waals surface area contributed by atoms with Gasteiger partial charge in [-0.1, -0.05) is 0 Å². The van der Waals surface area contributed by atoms with Gasteiger partial charge < -0.3 is 9.80 Å². The minimum atomic E-state index is -5.84. The van der Waals surface area contributed by atoms with Gasteiger partial charge in [0.25, 0.3) is 0 Å². The molecular formula is C7H13F3N2O3S. The maximum atomic E-state index is 10.7. The summed E-state index contributed by atoms with van der Waals surface area (Å²) in [5.74, 6) is 0. The first-order valence-electron chi connectivity index (χ1n) is 4.12. The molecule has 0 aromatic heterocycles. The van der Waals surface area contributed by atoms with Crippen molar-refractivity contribution in [3.8, 4) is 0 Å². The van der Waals surface area contributed by atoms with Crippen LogP contribution in [0.2, 0.25) is 0 Å². The summed E-state index contributed by atoms with van der Waals surface area (Å²) in [6, 6.07) is 0. The summed E-state index contributed by atoms with van der Waals surface area (Å²) in [6.45, 7) is 2.17. The number of rotatable bonds is 0. The van der Waals surface area contributed by atoms with E-state index in [9.17, 15) is 13.2 Å². The van der Waals surface area contributed by atoms with Gasteiger partial charge in [0.1, 0.15) is 0 Å². The molecule has 1 heterocycles. The van der Waals surface area contributed by atoms with Crippen LogP contribution in [0.4, 0.5) is 13.2 Å². The maximum Gasteiger partial charge on any atom is 0.522 e. The van der Waals surface area contributed by atoms with Crippen LogP contribution in [0.15, 0.2) is 12.4 Å². The normalized spacial score (nSPS) is 17.4. The SMILES string of the molecule is CC1N(C)C=CN1C.O=S(=O)(O)C(F)(F)F. The van der Waals surface area contributed by atoms with Gasteiger partial charge in [-0.3, -0.25) is 4.55 Å². The molecule has 16 heavy (non-hydrogen) atoms. The van der Waals surface area contributed by atoms with Crippen LogP contribution in [0.1, 0.15) is 6.92 Å². The molecule has 5 nitrogen and oxygen atoms in total. The van der Waals surface area contributed by atoms with Gasteiger partial charge in [0.2, 0.25) is 0 Å². The predicted octanol–water partition coefficient (Wildman–Crippen LogP) is 1.07. The van der Waals surface area contributed by atoms with Crippen molar-refractivity contribution in [1.82, 2.24) is 9.80 Å². The molecule has 0 spiro atoms. The molecule has 0 aromatic rings. The zero-order chi connectivity index (χ0) is 13.1. The van der Waals surface area contributed by atoms with Gasteiger partial charge in [0, 0.05) is 26.5 Å². The highest BCUT2D eigenvalue weighted by molar-refractivity contribution is 7.86. The van der Waals surface area contributed by atoms with Gasteiger partial charge in [0.05, 0.1) is 6.17 Å². The first-order valence-corrected chi connectivity index (χ1v) is 5.56. The number of hydrogen-bond acceptors (Lipinski definition) is 4. The Hall–Kier alpha value is -0.960. The van der Waals surface area contributed by atoms with Gasteiger partial charge in [-0.25, -0.2) is 0 Å². The van der Waals surface area contributed by atoms with Crippen molar-refractivity contribution in [2.24, 2.45) is 0 Å². The molecule has 1 aliphatic rings. The minimum absolute atomic E-state index is 0.537. The summed E-state index contributed by atoms with van der Waals surface area (Å²) in [6.07, 6.45) is 4.69. The largest absolute Gasteiger partial charge is 0.522 e. The number of halogens is 3. The highest BCUT2D eigenvalue weighted by atomic mass is 32.2. The third-order valence-electron chi connectivity index (χ3n) is 2.01. The Kier molecular flexibility index (Phi) is 4.62. The number of alkyl halides is 3. The van der Waals surface area contributed by atoms with Crippen molar-refractivity contribution in [2.75, 3.05) is 14.1 Å². The molecule has 1 rings (SSSR count). The molecule has 0 aromatic carbocycles. The lowest BCUT2D eigenvalue weighted by molar-refractivity contribution is -0.0510. The van der Waals surface area contributed by atoms with E-state index in [4.69, 9.17) is 13.0 Å². The summed E-state index contributed by atoms with van der Waals surface area (Å²) in [5, 5.41) is 0. The molecule has 0 unspecified atom stereocenters. The highest BCUT2D eigenvalue weighted by Crippen LogP contribution is 2.20. The summed E-state index contributed by atoms with van der Waals surface area (Å²) in [4.78, 5) is 4.33. The molecule has 1 N–H and O–H groups in total. The molecular weight excluding hydrogens is 249 g/mol. The molecule has 0 atom stereocenters. The lowest BCUT2D eigenvalue weighted by Gasteiger charge is -2.22. The first kappa shape index (κ1) is 15.0. The third-order valence-corrected chi connectivity index (χ3v) is 2.59. The molecule has 0 radical (unpaired) electrons. The van der Waals surface area contributed by atoms with Crippen molar-refractivity contribution < 1.29 is 26.1 Å². The van der Waals surface area contributed by atoms with Crippen LogP contribution >= 0.6 is 0 Å². The smallest absolute Gasteiger partial charge is 0.359 e. The lowest BCUT2D eigenvalue weighted by atomic mass is 10.5. The van der Waals surface area contributed by atoms with Crippen molar-refractivity contribution in [1.29, 1.82) is 0 Å². The standard InChI is InChI=1S/C6H12N2.CHF3O3S/c1-6-7(2)4-5-8(6)3;2-1(3,4)8(5,6)7/h4-6H,1-3H3;(H,5,6,7). The molecule has 0 saturated heterocycles. The van der Waals surface area contributed by atoms with Crippen molar-refractivity contribution >= 4 is 10.1 Å². The van der Waals surface area contributed by atoms with Crippen molar-refractivity contribution in [2.45, 2.75) is 18.6 Å². The van der Waals surface area contributed by atoms with Gasteiger partial charge >= 0.3 is 15.6 Å². The van der Waals surface area contributed by atoms with Gasteiger partial charge in [-0.15, -0.1) is 0 Å². The summed E-state index contributed by atoms with van der Waals surface area (Å²) >= 11 is 0. The summed E-state index contributed by atoms with van der Waals surface area (Å²) < 4.78 is 57.5. The van der Waals surface area contributed by atoms with Gasteiger partial charge in [-0.2, -0.15) is 21.6 Å². The topological polar surface area (TPSA) is 60.9 Å². The van der Waals surface area contributed by atoms with Crippen LogP contribution in [0.25, 0.3) is 0 Å². The maximum absolute atomic E-state index is 10.7. The van der Waals surface area contributed by atoms with E-state index in [-0.39, 0.29) is 0 Å². The van der Waals surface area contributed by atoms with Crippen molar-refractivity contribution in [3.05, 3.63) is 12.4 Å². The second-order valence-electron chi connectivity index (χ2n) is 3.18. The van der Waals surface area contributed by atoms with E-state index in [1.807, 2.05) is 0 Å². The molecule has 0 bridgehead atoms. The second-order valence-corrected chi connectivity index (χ2v) is 4.59. The van der Waals surface area contributed by atoms with E-state index >= 15 is 0 Å². The molecule has 0 aliphatic carbocycles. The number of hydrogen-bond donors (Lipinski definition) is 1. The Morgan fingerprint density at radius 1 is 1.19 bits per heavy atom. The fourth-order valence-electron chi connectivity index (χ4n) is 0.747. The van der Waals surface area contributed by atoms with Crippen LogP contribution in [-0.4, -0.2) is 48.5 Å². The van der Waals surface area contributed by atoms with Crippen LogP contribution in [0, 0.1) is 0 Å². The molecule has 96 valence electrons. The lowest BCUT2D eigenvalue weighted by Crippen LogP contribution is -2.30. The van der Waals surface area contributed by atoms with Crippen molar-refractivity contribution in [3.63, 3.8) is 0 Å². The van der Waals surface area contributed by atoms with E-state index in [2.05, 4.69) is 43.2 Å². The van der Waals surface area contributed by atoms with E-state index in [1.165, 1.54) is 0 Å². The van der Waals surface area contributed by atoms with Crippen LogP contribution in [0.5, 0.6) is 0 Å². The van der Waals surface area contributed by atoms with Crippen LogP contribution in [-0.2, 0) is 10.1 Å². The van der Waals surface area contributed by atoms with E-state index < -0.39 is 15.6 Å². The molecule has 0 amide bonds. The second kappa shape index (κ2) is 4.91. The predicted molar refractivity (Wildman–Crippen MR) is 51.7 cm³/mol. The molecule has 9 heteroatoms. The average Bonchev–Trinajstić information content (AvgIpc) is 2.34. The van der Waals surface area contributed by atoms with Crippen LogP contribution in [0.3, 0.4) is 0 Å². The van der Waals surface area contributed by atoms with E-state index in [0.717, 1.165) is 0 Å². The fraction of sp³-hybridized carbons (Fsp3) is 0.714. The summed E-state index contributed by atoms with van der Waals surface area (Å²) in [5.41, 5.74) is -5.53. The minimum Gasteiger partial charge on any atom is -0.359 e. The Balaban J connectivity index is 0.000000281. The summed E-state index contributed by atoms with van der Waals surface area (Å²) in [7, 11) is -1.69. The third kappa shape index (κ3) is 4.27. The Bertz CT molecular complexity index is 340. The number of nitrogens with zero attached hydrogens (tertiary/aromatic N) is 2. The van der Waals surface area contributed by atoms with E-state index in [1.54, 1.807) is 0 Å². The average molecular weight is 262 g/mol. The quantitative estimate of drug-likeness (QED) is 0.523. The van der Waals surface area contributed by atoms with Crippen LogP contribution < -0.4 is 0 Å². The van der Waals surface area contributed by atoms with E-state index in [0.29, 0.717) is 6.17 Å². The Labute approximate surface area is 91.9 Å². The fourth-order valence-corrected chi connectivity index (χ4v) is 0.747. The zero-order valence-electron chi connectivity index (χ0n) is 8.93. The molecule has 0 fully saturated rings. The Morgan fingerprint density at radius 3 is 1.50 bits per heavy atom. The molecule has 0 saturated carbocycles. The highest BCUT2D eigenvalue weighted by Gasteiger charge is 2.44. The van der Waals surface area contributed by atoms with Gasteiger partial charge in [0.15, 0.2) is 0 Å². The van der Waals surface area contributed by atoms with Gasteiger partial charge in [-0.05, 0) is 6.92 Å².